The van der Waals surface area contributed by atoms with Crippen LogP contribution in [0.25, 0.3) is 11.3 Å². The molecule has 154 valence electrons. The highest BCUT2D eigenvalue weighted by Crippen LogP contribution is 2.36. The molecule has 2 aromatic heterocycles. The highest BCUT2D eigenvalue weighted by Gasteiger charge is 2.23. The fourth-order valence-corrected chi connectivity index (χ4v) is 4.38. The van der Waals surface area contributed by atoms with Crippen molar-refractivity contribution in [3.63, 3.8) is 0 Å². The molecule has 0 atom stereocenters. The van der Waals surface area contributed by atoms with Crippen molar-refractivity contribution in [2.24, 2.45) is 0 Å². The second kappa shape index (κ2) is 8.40. The Labute approximate surface area is 177 Å². The summed E-state index contributed by atoms with van der Waals surface area (Å²) in [5.41, 5.74) is 5.73. The first-order chi connectivity index (χ1) is 14.8. The smallest absolute Gasteiger partial charge is 0.224 e. The average molecular weight is 401 g/mol. The average Bonchev–Trinajstić information content (AvgIpc) is 2.81. The SMILES string of the molecule is Cc1cnc(NC2CCNCC2)nc1N1CCCc2cnc(-c3ccccc3)cc21. The Balaban J connectivity index is 1.48. The Kier molecular flexibility index (Phi) is 5.32. The quantitative estimate of drug-likeness (QED) is 0.688. The summed E-state index contributed by atoms with van der Waals surface area (Å²) in [4.78, 5) is 16.6. The zero-order valence-corrected chi connectivity index (χ0v) is 17.4. The van der Waals surface area contributed by atoms with Crippen LogP contribution in [0.15, 0.2) is 48.8 Å². The largest absolute Gasteiger partial charge is 0.351 e. The number of piperidine rings is 1. The van der Waals surface area contributed by atoms with Gasteiger partial charge in [0, 0.05) is 41.8 Å². The minimum Gasteiger partial charge on any atom is -0.351 e. The van der Waals surface area contributed by atoms with Gasteiger partial charge in [-0.1, -0.05) is 30.3 Å². The van der Waals surface area contributed by atoms with Crippen molar-refractivity contribution >= 4 is 17.5 Å². The van der Waals surface area contributed by atoms with E-state index in [2.05, 4.69) is 57.8 Å². The maximum atomic E-state index is 4.95. The first-order valence-electron chi connectivity index (χ1n) is 10.9. The molecule has 1 aromatic carbocycles. The van der Waals surface area contributed by atoms with Gasteiger partial charge in [0.05, 0.1) is 5.69 Å². The number of hydrogen-bond acceptors (Lipinski definition) is 6. The van der Waals surface area contributed by atoms with Gasteiger partial charge in [0.25, 0.3) is 0 Å². The van der Waals surface area contributed by atoms with Gasteiger partial charge in [-0.25, -0.2) is 4.98 Å². The van der Waals surface area contributed by atoms with E-state index in [1.54, 1.807) is 0 Å². The molecule has 2 aliphatic rings. The monoisotopic (exact) mass is 400 g/mol. The first-order valence-corrected chi connectivity index (χ1v) is 10.9. The maximum Gasteiger partial charge on any atom is 0.224 e. The van der Waals surface area contributed by atoms with Crippen LogP contribution in [0.3, 0.4) is 0 Å². The number of aryl methyl sites for hydroxylation is 2. The van der Waals surface area contributed by atoms with Gasteiger partial charge in [0.1, 0.15) is 5.82 Å². The van der Waals surface area contributed by atoms with Crippen LogP contribution in [0, 0.1) is 6.92 Å². The van der Waals surface area contributed by atoms with Crippen molar-refractivity contribution in [1.29, 1.82) is 0 Å². The molecule has 0 aliphatic carbocycles. The molecule has 0 saturated carbocycles. The molecule has 2 N–H and O–H groups in total. The summed E-state index contributed by atoms with van der Waals surface area (Å²) in [5, 5.41) is 6.95. The van der Waals surface area contributed by atoms with Crippen molar-refractivity contribution in [1.82, 2.24) is 20.3 Å². The number of nitrogens with zero attached hydrogens (tertiary/aromatic N) is 4. The third kappa shape index (κ3) is 3.87. The van der Waals surface area contributed by atoms with E-state index < -0.39 is 0 Å². The molecule has 0 bridgehead atoms. The normalized spacial score (nSPS) is 16.9. The molecular formula is C24H28N6. The van der Waals surface area contributed by atoms with Gasteiger partial charge in [-0.05, 0) is 57.3 Å². The lowest BCUT2D eigenvalue weighted by Gasteiger charge is -2.32. The summed E-state index contributed by atoms with van der Waals surface area (Å²) >= 11 is 0. The van der Waals surface area contributed by atoms with E-state index >= 15 is 0 Å². The molecule has 6 nitrogen and oxygen atoms in total. The molecule has 5 rings (SSSR count). The number of pyridine rings is 1. The van der Waals surface area contributed by atoms with Crippen LogP contribution in [0.2, 0.25) is 0 Å². The van der Waals surface area contributed by atoms with Crippen LogP contribution >= 0.6 is 0 Å². The van der Waals surface area contributed by atoms with Crippen molar-refractivity contribution in [3.8, 4) is 11.3 Å². The van der Waals surface area contributed by atoms with Crippen LogP contribution in [0.4, 0.5) is 17.5 Å². The van der Waals surface area contributed by atoms with Crippen molar-refractivity contribution in [2.75, 3.05) is 29.9 Å². The lowest BCUT2D eigenvalue weighted by atomic mass is 10.0. The zero-order chi connectivity index (χ0) is 20.3. The molecule has 6 heteroatoms. The molecule has 4 heterocycles. The van der Waals surface area contributed by atoms with E-state index in [1.165, 1.54) is 11.3 Å². The molecule has 0 spiro atoms. The molecule has 0 unspecified atom stereocenters. The van der Waals surface area contributed by atoms with Gasteiger partial charge in [0.2, 0.25) is 5.95 Å². The minimum atomic E-state index is 0.435. The fourth-order valence-electron chi connectivity index (χ4n) is 4.38. The van der Waals surface area contributed by atoms with Gasteiger partial charge in [-0.15, -0.1) is 0 Å². The number of rotatable bonds is 4. The number of benzene rings is 1. The standard InChI is InChI=1S/C24H28N6/c1-17-15-27-24(28-20-9-11-25-12-10-20)29-23(17)30-13-5-8-19-16-26-21(14-22(19)30)18-6-3-2-4-7-18/h2-4,6-7,14-16,20,25H,5,8-13H2,1H3,(H,27,28,29). The Morgan fingerprint density at radius 3 is 2.73 bits per heavy atom. The Morgan fingerprint density at radius 1 is 1.07 bits per heavy atom. The molecule has 30 heavy (non-hydrogen) atoms. The predicted octanol–water partition coefficient (Wildman–Crippen LogP) is 4.10. The summed E-state index contributed by atoms with van der Waals surface area (Å²) in [6.07, 6.45) is 8.34. The fraction of sp³-hybridized carbons (Fsp3) is 0.375. The van der Waals surface area contributed by atoms with E-state index in [-0.39, 0.29) is 0 Å². The van der Waals surface area contributed by atoms with Gasteiger partial charge < -0.3 is 15.5 Å². The van der Waals surface area contributed by atoms with Crippen LogP contribution < -0.4 is 15.5 Å². The zero-order valence-electron chi connectivity index (χ0n) is 17.4. The summed E-state index contributed by atoms with van der Waals surface area (Å²) in [6, 6.07) is 13.0. The second-order valence-corrected chi connectivity index (χ2v) is 8.19. The number of fused-ring (bicyclic) bond motifs is 1. The topological polar surface area (TPSA) is 66.0 Å². The lowest BCUT2D eigenvalue weighted by molar-refractivity contribution is 0.477. The van der Waals surface area contributed by atoms with Gasteiger partial charge in [0.15, 0.2) is 0 Å². The van der Waals surface area contributed by atoms with Crippen molar-refractivity contribution in [3.05, 3.63) is 59.9 Å². The minimum absolute atomic E-state index is 0.435. The van der Waals surface area contributed by atoms with Crippen molar-refractivity contribution in [2.45, 2.75) is 38.6 Å². The van der Waals surface area contributed by atoms with Crippen LogP contribution in [0.5, 0.6) is 0 Å². The molecule has 3 aromatic rings. The highest BCUT2D eigenvalue weighted by molar-refractivity contribution is 5.73. The van der Waals surface area contributed by atoms with Crippen LogP contribution in [-0.4, -0.2) is 40.6 Å². The number of nitrogens with one attached hydrogen (secondary N) is 2. The number of anilines is 3. The first kappa shape index (κ1) is 19.0. The number of hydrogen-bond donors (Lipinski definition) is 2. The van der Waals surface area contributed by atoms with E-state index in [0.717, 1.165) is 73.9 Å². The number of aromatic nitrogens is 3. The van der Waals surface area contributed by atoms with Gasteiger partial charge >= 0.3 is 0 Å². The summed E-state index contributed by atoms with van der Waals surface area (Å²) < 4.78 is 0. The van der Waals surface area contributed by atoms with Gasteiger partial charge in [-0.3, -0.25) is 4.98 Å². The van der Waals surface area contributed by atoms with Crippen LogP contribution in [0.1, 0.15) is 30.4 Å². The Morgan fingerprint density at radius 2 is 1.90 bits per heavy atom. The van der Waals surface area contributed by atoms with E-state index in [9.17, 15) is 0 Å². The van der Waals surface area contributed by atoms with Crippen molar-refractivity contribution < 1.29 is 0 Å². The Bertz CT molecular complexity index is 1010. The van der Waals surface area contributed by atoms with Crippen LogP contribution in [-0.2, 0) is 6.42 Å². The van der Waals surface area contributed by atoms with Gasteiger partial charge in [-0.2, -0.15) is 4.98 Å². The maximum absolute atomic E-state index is 4.95. The lowest BCUT2D eigenvalue weighted by Crippen LogP contribution is -2.36. The molecule has 1 fully saturated rings. The predicted molar refractivity (Wildman–Crippen MR) is 121 cm³/mol. The Hall–Kier alpha value is -2.99. The third-order valence-corrected chi connectivity index (χ3v) is 6.02. The van der Waals surface area contributed by atoms with E-state index in [0.29, 0.717) is 6.04 Å². The second-order valence-electron chi connectivity index (χ2n) is 8.19. The summed E-state index contributed by atoms with van der Waals surface area (Å²) in [7, 11) is 0. The summed E-state index contributed by atoms with van der Waals surface area (Å²) in [6.45, 7) is 5.14. The van der Waals surface area contributed by atoms with E-state index in [4.69, 9.17) is 9.97 Å². The highest BCUT2D eigenvalue weighted by atomic mass is 15.2. The summed E-state index contributed by atoms with van der Waals surface area (Å²) in [5.74, 6) is 1.72. The third-order valence-electron chi connectivity index (χ3n) is 6.02. The van der Waals surface area contributed by atoms with E-state index in [1.807, 2.05) is 18.5 Å². The molecule has 1 saturated heterocycles. The molecule has 0 amide bonds. The molecule has 0 radical (unpaired) electrons. The molecular weight excluding hydrogens is 372 g/mol. The molecule has 2 aliphatic heterocycles.